The van der Waals surface area contributed by atoms with Gasteiger partial charge in [0.2, 0.25) is 0 Å². The summed E-state index contributed by atoms with van der Waals surface area (Å²) in [5, 5.41) is 0. The van der Waals surface area contributed by atoms with Gasteiger partial charge in [0.25, 0.3) is 0 Å². The van der Waals surface area contributed by atoms with E-state index < -0.39 is 0 Å². The fourth-order valence-electron chi connectivity index (χ4n) is 3.24. The first kappa shape index (κ1) is 20.6. The Morgan fingerprint density at radius 3 is 1.61 bits per heavy atom. The lowest BCUT2D eigenvalue weighted by Gasteiger charge is -2.04. The summed E-state index contributed by atoms with van der Waals surface area (Å²) < 4.78 is 0. The van der Waals surface area contributed by atoms with Crippen molar-refractivity contribution in [2.24, 2.45) is 0 Å². The molecule has 23 heavy (non-hydrogen) atoms. The third-order valence-corrected chi connectivity index (χ3v) is 5.01. The van der Waals surface area contributed by atoms with Crippen LogP contribution in [0.4, 0.5) is 0 Å². The van der Waals surface area contributed by atoms with E-state index in [0.717, 1.165) is 4.90 Å². The van der Waals surface area contributed by atoms with Gasteiger partial charge in [-0.15, -0.1) is 12.6 Å². The second kappa shape index (κ2) is 15.1. The van der Waals surface area contributed by atoms with Gasteiger partial charge in [0.1, 0.15) is 0 Å². The maximum absolute atomic E-state index is 4.40. The molecule has 0 fully saturated rings. The van der Waals surface area contributed by atoms with Crippen molar-refractivity contribution in [3.8, 4) is 0 Å². The van der Waals surface area contributed by atoms with Gasteiger partial charge >= 0.3 is 0 Å². The summed E-state index contributed by atoms with van der Waals surface area (Å²) in [4.78, 5) is 1.09. The molecule has 1 aromatic carbocycles. The van der Waals surface area contributed by atoms with Gasteiger partial charge in [-0.2, -0.15) is 0 Å². The zero-order valence-electron chi connectivity index (χ0n) is 15.4. The first-order chi connectivity index (χ1) is 11.3. The van der Waals surface area contributed by atoms with E-state index in [0.29, 0.717) is 0 Å². The van der Waals surface area contributed by atoms with E-state index in [4.69, 9.17) is 0 Å². The van der Waals surface area contributed by atoms with Gasteiger partial charge in [0, 0.05) is 4.90 Å². The Balaban J connectivity index is 1.78. The van der Waals surface area contributed by atoms with Crippen molar-refractivity contribution in [3.05, 3.63) is 29.8 Å². The van der Waals surface area contributed by atoms with Crippen LogP contribution in [-0.4, -0.2) is 0 Å². The summed E-state index contributed by atoms with van der Waals surface area (Å²) in [5.74, 6) is 0. The number of hydrogen-bond donors (Lipinski definition) is 1. The quantitative estimate of drug-likeness (QED) is 0.244. The van der Waals surface area contributed by atoms with Crippen LogP contribution < -0.4 is 0 Å². The average Bonchev–Trinajstić information content (AvgIpc) is 2.55. The van der Waals surface area contributed by atoms with E-state index in [-0.39, 0.29) is 0 Å². The standard InChI is InChI=1S/C22H38S/c1-2-3-4-5-6-7-8-9-10-11-12-13-14-15-17-21-18-16-19-22(23)20-21/h16,18-20,23H,2-15,17H2,1H3. The minimum atomic E-state index is 1.09. The molecule has 0 aliphatic carbocycles. The molecular formula is C22H38S. The van der Waals surface area contributed by atoms with Crippen LogP contribution >= 0.6 is 12.6 Å². The molecule has 0 radical (unpaired) electrons. The van der Waals surface area contributed by atoms with Crippen molar-refractivity contribution < 1.29 is 0 Å². The van der Waals surface area contributed by atoms with Crippen LogP contribution in [-0.2, 0) is 6.42 Å². The molecule has 0 amide bonds. The normalized spacial score (nSPS) is 11.0. The van der Waals surface area contributed by atoms with E-state index >= 15 is 0 Å². The van der Waals surface area contributed by atoms with Crippen molar-refractivity contribution >= 4 is 12.6 Å². The highest BCUT2D eigenvalue weighted by molar-refractivity contribution is 7.80. The lowest BCUT2D eigenvalue weighted by molar-refractivity contribution is 0.535. The lowest BCUT2D eigenvalue weighted by atomic mass is 10.0. The van der Waals surface area contributed by atoms with Crippen LogP contribution in [0.2, 0.25) is 0 Å². The summed E-state index contributed by atoms with van der Waals surface area (Å²) in [6.07, 6.45) is 21.2. The molecule has 0 aliphatic heterocycles. The van der Waals surface area contributed by atoms with Crippen LogP contribution in [0, 0.1) is 0 Å². The Bertz CT molecular complexity index is 372. The highest BCUT2D eigenvalue weighted by Crippen LogP contribution is 2.15. The highest BCUT2D eigenvalue weighted by Gasteiger charge is 1.96. The molecule has 0 heterocycles. The molecule has 0 aliphatic rings. The Labute approximate surface area is 150 Å². The molecule has 132 valence electrons. The first-order valence-corrected chi connectivity index (χ1v) is 10.6. The molecule has 1 heteroatoms. The summed E-state index contributed by atoms with van der Waals surface area (Å²) in [6.45, 7) is 2.29. The zero-order valence-corrected chi connectivity index (χ0v) is 16.3. The third kappa shape index (κ3) is 12.6. The monoisotopic (exact) mass is 334 g/mol. The summed E-state index contributed by atoms with van der Waals surface area (Å²) in [5.41, 5.74) is 1.44. The molecule has 0 saturated heterocycles. The number of unbranched alkanes of at least 4 members (excludes halogenated alkanes) is 13. The van der Waals surface area contributed by atoms with E-state index in [1.165, 1.54) is 102 Å². The molecular weight excluding hydrogens is 296 g/mol. The maximum atomic E-state index is 4.40. The first-order valence-electron chi connectivity index (χ1n) is 10.1. The Kier molecular flexibility index (Phi) is 13.6. The predicted octanol–water partition coefficient (Wildman–Crippen LogP) is 8.00. The fraction of sp³-hybridized carbons (Fsp3) is 0.727. The fourth-order valence-corrected chi connectivity index (χ4v) is 3.49. The number of rotatable bonds is 15. The van der Waals surface area contributed by atoms with Crippen LogP contribution in [0.3, 0.4) is 0 Å². The van der Waals surface area contributed by atoms with Crippen molar-refractivity contribution in [2.45, 2.75) is 108 Å². The Morgan fingerprint density at radius 2 is 1.13 bits per heavy atom. The number of aryl methyl sites for hydroxylation is 1. The topological polar surface area (TPSA) is 0 Å². The second-order valence-electron chi connectivity index (χ2n) is 7.02. The third-order valence-electron chi connectivity index (χ3n) is 4.73. The van der Waals surface area contributed by atoms with Crippen molar-refractivity contribution in [2.75, 3.05) is 0 Å². The van der Waals surface area contributed by atoms with Crippen LogP contribution in [0.15, 0.2) is 29.2 Å². The summed E-state index contributed by atoms with van der Waals surface area (Å²) >= 11 is 4.40. The summed E-state index contributed by atoms with van der Waals surface area (Å²) in [6, 6.07) is 8.59. The highest BCUT2D eigenvalue weighted by atomic mass is 32.1. The van der Waals surface area contributed by atoms with E-state index in [1.807, 2.05) is 0 Å². The molecule has 0 aromatic heterocycles. The van der Waals surface area contributed by atoms with Gasteiger partial charge in [-0.25, -0.2) is 0 Å². The number of thiol groups is 1. The molecule has 0 nitrogen and oxygen atoms in total. The SMILES string of the molecule is CCCCCCCCCCCCCCCCc1cccc(S)c1. The zero-order chi connectivity index (χ0) is 16.6. The van der Waals surface area contributed by atoms with Gasteiger partial charge in [0.05, 0.1) is 0 Å². The van der Waals surface area contributed by atoms with Gasteiger partial charge in [-0.3, -0.25) is 0 Å². The van der Waals surface area contributed by atoms with Crippen molar-refractivity contribution in [3.63, 3.8) is 0 Å². The smallest absolute Gasteiger partial charge is 0.00427 e. The van der Waals surface area contributed by atoms with E-state index in [2.05, 4.69) is 43.8 Å². The Morgan fingerprint density at radius 1 is 0.652 bits per heavy atom. The van der Waals surface area contributed by atoms with Gasteiger partial charge in [-0.05, 0) is 30.5 Å². The van der Waals surface area contributed by atoms with Crippen molar-refractivity contribution in [1.82, 2.24) is 0 Å². The van der Waals surface area contributed by atoms with Gasteiger partial charge < -0.3 is 0 Å². The summed E-state index contributed by atoms with van der Waals surface area (Å²) in [7, 11) is 0. The molecule has 0 bridgehead atoms. The van der Waals surface area contributed by atoms with Gasteiger partial charge in [-0.1, -0.05) is 103 Å². The average molecular weight is 335 g/mol. The molecule has 0 spiro atoms. The molecule has 1 rings (SSSR count). The molecule has 0 atom stereocenters. The molecule has 0 saturated carbocycles. The van der Waals surface area contributed by atoms with Gasteiger partial charge in [0.15, 0.2) is 0 Å². The second-order valence-corrected chi connectivity index (χ2v) is 7.53. The number of hydrogen-bond acceptors (Lipinski definition) is 1. The lowest BCUT2D eigenvalue weighted by Crippen LogP contribution is -1.87. The van der Waals surface area contributed by atoms with Crippen LogP contribution in [0.25, 0.3) is 0 Å². The molecule has 0 N–H and O–H groups in total. The molecule has 0 unspecified atom stereocenters. The van der Waals surface area contributed by atoms with E-state index in [9.17, 15) is 0 Å². The van der Waals surface area contributed by atoms with E-state index in [1.54, 1.807) is 0 Å². The van der Waals surface area contributed by atoms with Crippen LogP contribution in [0.5, 0.6) is 0 Å². The number of benzene rings is 1. The Hall–Kier alpha value is -0.430. The molecule has 1 aromatic rings. The van der Waals surface area contributed by atoms with Crippen LogP contribution in [0.1, 0.15) is 102 Å². The minimum absolute atomic E-state index is 1.09. The maximum Gasteiger partial charge on any atom is 0.00427 e. The van der Waals surface area contributed by atoms with Crippen molar-refractivity contribution in [1.29, 1.82) is 0 Å². The predicted molar refractivity (Wildman–Crippen MR) is 108 cm³/mol. The minimum Gasteiger partial charge on any atom is -0.143 e. The largest absolute Gasteiger partial charge is 0.143 e.